The molecule has 0 aliphatic heterocycles. The van der Waals surface area contributed by atoms with Crippen LogP contribution in [0.15, 0.2) is 34.9 Å². The Morgan fingerprint density at radius 3 is 2.15 bits per heavy atom. The minimum absolute atomic E-state index is 0.0747. The number of allylic oxidation sites excluding steroid dienone is 4. The van der Waals surface area contributed by atoms with Gasteiger partial charge in [0, 0.05) is 16.9 Å². The number of hydrogen-bond acceptors (Lipinski definition) is 8. The van der Waals surface area contributed by atoms with Crippen LogP contribution in [-0.4, -0.2) is 69.5 Å². The van der Waals surface area contributed by atoms with Gasteiger partial charge in [0.2, 0.25) is 0 Å². The van der Waals surface area contributed by atoms with Crippen molar-refractivity contribution in [2.24, 2.45) is 56.2 Å². The molecule has 8 heteroatoms. The van der Waals surface area contributed by atoms with Crippen LogP contribution in [0.1, 0.15) is 134 Å². The van der Waals surface area contributed by atoms with E-state index in [0.29, 0.717) is 18.8 Å². The van der Waals surface area contributed by atoms with Gasteiger partial charge in [-0.15, -0.1) is 0 Å². The van der Waals surface area contributed by atoms with Gasteiger partial charge >= 0.3 is 11.9 Å². The molecule has 5 aliphatic rings. The molecule has 4 N–H and O–H groups in total. The molecule has 8 nitrogen and oxygen atoms in total. The van der Waals surface area contributed by atoms with Crippen molar-refractivity contribution in [3.05, 3.63) is 34.9 Å². The Labute approximate surface area is 313 Å². The Balaban J connectivity index is 1.61. The van der Waals surface area contributed by atoms with Crippen molar-refractivity contribution in [2.75, 3.05) is 6.61 Å². The smallest absolute Gasteiger partial charge is 0.331 e. The first kappa shape index (κ1) is 41.2. The molecule has 12 atom stereocenters. The van der Waals surface area contributed by atoms with Gasteiger partial charge in [0.25, 0.3) is 0 Å². The van der Waals surface area contributed by atoms with Crippen molar-refractivity contribution in [1.82, 2.24) is 0 Å². The van der Waals surface area contributed by atoms with E-state index in [-0.39, 0.29) is 22.9 Å². The zero-order valence-electron chi connectivity index (χ0n) is 34.2. The number of aliphatic hydroxyl groups excluding tert-OH is 4. The molecule has 0 aromatic rings. The second kappa shape index (κ2) is 13.9. The SMILES string of the molecule is CC(C)=CCC/C(C)=C\C(=O)O[C@H]1[C@H](OC(=O)C(C)C)[C@]2(CO)[C@H](O)[C@H](O)[C@]3(C)C(=CC[C@@H]4[C@@]5(C)CC[C@H](O)C(C)(C)[C@@H]5CC[C@]43C)[C@@H]2CC1(C)C. The number of ether oxygens (including phenoxy) is 2. The summed E-state index contributed by atoms with van der Waals surface area (Å²) in [5, 5.41) is 48.0. The van der Waals surface area contributed by atoms with E-state index in [2.05, 4.69) is 46.8 Å². The molecule has 52 heavy (non-hydrogen) atoms. The van der Waals surface area contributed by atoms with E-state index in [4.69, 9.17) is 9.47 Å². The first-order chi connectivity index (χ1) is 24.0. The van der Waals surface area contributed by atoms with Crippen LogP contribution < -0.4 is 0 Å². The van der Waals surface area contributed by atoms with Crippen molar-refractivity contribution in [3.63, 3.8) is 0 Å². The number of aliphatic hydroxyl groups is 4. The fraction of sp³-hybridized carbons (Fsp3) is 0.818. The van der Waals surface area contributed by atoms with Gasteiger partial charge in [-0.25, -0.2) is 4.79 Å². The maximum absolute atomic E-state index is 13.6. The molecule has 0 unspecified atom stereocenters. The molecule has 0 aromatic heterocycles. The lowest BCUT2D eigenvalue weighted by molar-refractivity contribution is -0.293. The van der Waals surface area contributed by atoms with Crippen LogP contribution in [0.2, 0.25) is 0 Å². The van der Waals surface area contributed by atoms with E-state index in [1.54, 1.807) is 13.8 Å². The summed E-state index contributed by atoms with van der Waals surface area (Å²) in [6, 6.07) is 0. The summed E-state index contributed by atoms with van der Waals surface area (Å²) in [4.78, 5) is 27.1. The largest absolute Gasteiger partial charge is 0.457 e. The van der Waals surface area contributed by atoms with Crippen molar-refractivity contribution >= 4 is 11.9 Å². The van der Waals surface area contributed by atoms with Crippen LogP contribution in [0.4, 0.5) is 0 Å². The van der Waals surface area contributed by atoms with E-state index in [9.17, 15) is 30.0 Å². The summed E-state index contributed by atoms with van der Waals surface area (Å²) >= 11 is 0. The van der Waals surface area contributed by atoms with Gasteiger partial charge < -0.3 is 29.9 Å². The van der Waals surface area contributed by atoms with Crippen LogP contribution in [0.5, 0.6) is 0 Å². The monoisotopic (exact) mass is 727 g/mol. The predicted molar refractivity (Wildman–Crippen MR) is 203 cm³/mol. The molecule has 294 valence electrons. The molecule has 0 aromatic carbocycles. The molecule has 5 aliphatic carbocycles. The van der Waals surface area contributed by atoms with Crippen molar-refractivity contribution < 1.29 is 39.5 Å². The first-order valence-electron chi connectivity index (χ1n) is 20.0. The number of carbonyl (C=O) groups excluding carboxylic acids is 2. The average molecular weight is 727 g/mol. The Morgan fingerprint density at radius 1 is 0.904 bits per heavy atom. The normalized spacial score (nSPS) is 43.6. The summed E-state index contributed by atoms with van der Waals surface area (Å²) in [6.45, 7) is 24.1. The summed E-state index contributed by atoms with van der Waals surface area (Å²) in [5.41, 5.74) is -0.706. The van der Waals surface area contributed by atoms with Gasteiger partial charge in [0.15, 0.2) is 6.10 Å². The number of carbonyl (C=O) groups is 2. The van der Waals surface area contributed by atoms with Gasteiger partial charge in [-0.1, -0.05) is 91.2 Å². The van der Waals surface area contributed by atoms with E-state index in [1.807, 2.05) is 34.6 Å². The lowest BCUT2D eigenvalue weighted by atomic mass is 9.32. The summed E-state index contributed by atoms with van der Waals surface area (Å²) in [6.07, 6.45) is 6.70. The maximum Gasteiger partial charge on any atom is 0.331 e. The van der Waals surface area contributed by atoms with Gasteiger partial charge in [0.1, 0.15) is 6.10 Å². The van der Waals surface area contributed by atoms with Crippen molar-refractivity contribution in [3.8, 4) is 0 Å². The maximum atomic E-state index is 13.6. The third-order valence-corrected chi connectivity index (χ3v) is 15.8. The third kappa shape index (κ3) is 6.09. The molecule has 4 fully saturated rings. The highest BCUT2D eigenvalue weighted by Crippen LogP contribution is 2.76. The number of esters is 2. The molecule has 0 spiro atoms. The molecule has 0 heterocycles. The molecule has 4 saturated carbocycles. The Morgan fingerprint density at radius 2 is 1.56 bits per heavy atom. The van der Waals surface area contributed by atoms with Gasteiger partial charge in [-0.2, -0.15) is 0 Å². The molecule has 0 radical (unpaired) electrons. The Bertz CT molecular complexity index is 1480. The van der Waals surface area contributed by atoms with E-state index >= 15 is 0 Å². The van der Waals surface area contributed by atoms with E-state index in [1.165, 1.54) is 11.6 Å². The van der Waals surface area contributed by atoms with Crippen LogP contribution in [0.25, 0.3) is 0 Å². The summed E-state index contributed by atoms with van der Waals surface area (Å²) in [5.74, 6) is -1.52. The quantitative estimate of drug-likeness (QED) is 0.115. The van der Waals surface area contributed by atoms with Crippen LogP contribution in [-0.2, 0) is 19.1 Å². The minimum atomic E-state index is -1.51. The predicted octanol–water partition coefficient (Wildman–Crippen LogP) is 7.48. The first-order valence-corrected chi connectivity index (χ1v) is 20.0. The average Bonchev–Trinajstić information content (AvgIpc) is 3.04. The Kier molecular flexibility index (Phi) is 11.0. The molecular formula is C44H70O8. The zero-order chi connectivity index (χ0) is 39.0. The Hall–Kier alpha value is -2.00. The molecule has 5 rings (SSSR count). The number of hydrogen-bond donors (Lipinski definition) is 4. The van der Waals surface area contributed by atoms with Crippen LogP contribution >= 0.6 is 0 Å². The lowest BCUT2D eigenvalue weighted by Gasteiger charge is -2.73. The highest BCUT2D eigenvalue weighted by Gasteiger charge is 2.76. The molecule has 0 bridgehead atoms. The highest BCUT2D eigenvalue weighted by atomic mass is 16.6. The molecule has 0 amide bonds. The molecular weight excluding hydrogens is 656 g/mol. The van der Waals surface area contributed by atoms with Gasteiger partial charge in [-0.05, 0) is 106 Å². The van der Waals surface area contributed by atoms with Crippen LogP contribution in [0, 0.1) is 56.2 Å². The second-order valence-electron chi connectivity index (χ2n) is 20.1. The van der Waals surface area contributed by atoms with Crippen LogP contribution in [0.3, 0.4) is 0 Å². The van der Waals surface area contributed by atoms with E-state index < -0.39 is 76.5 Å². The highest BCUT2D eigenvalue weighted by molar-refractivity contribution is 5.83. The zero-order valence-corrected chi connectivity index (χ0v) is 34.2. The van der Waals surface area contributed by atoms with Gasteiger partial charge in [0.05, 0.1) is 36.3 Å². The lowest BCUT2D eigenvalue weighted by Crippen LogP contribution is -2.76. The fourth-order valence-corrected chi connectivity index (χ4v) is 12.6. The number of fused-ring (bicyclic) bond motifs is 7. The second-order valence-corrected chi connectivity index (χ2v) is 20.1. The fourth-order valence-electron chi connectivity index (χ4n) is 12.6. The standard InChI is InChI=1S/C44H70O8/c1-25(2)14-13-15-27(5)22-33(47)51-36-37(52-38(50)26(3)4)44(24-45)29(23-39(36,6)7)28-16-17-31-41(10)20-19-32(46)40(8,9)30(41)18-21-42(31,11)43(28,12)34(48)35(44)49/h14,16,22,26,29-32,34-37,45-46,48-49H,13,15,17-21,23-24H2,1-12H3/b27-22-/t29-,30-,31+,32-,34-,35+,36-,37-,41-,42+,43-,44-/m0/s1. The molecule has 0 saturated heterocycles. The van der Waals surface area contributed by atoms with Crippen molar-refractivity contribution in [1.29, 1.82) is 0 Å². The minimum Gasteiger partial charge on any atom is -0.457 e. The topological polar surface area (TPSA) is 134 Å². The van der Waals surface area contributed by atoms with Gasteiger partial charge in [-0.3, -0.25) is 4.79 Å². The third-order valence-electron chi connectivity index (χ3n) is 15.8. The van der Waals surface area contributed by atoms with Crippen molar-refractivity contribution in [2.45, 2.75) is 165 Å². The summed E-state index contributed by atoms with van der Waals surface area (Å²) < 4.78 is 12.6. The summed E-state index contributed by atoms with van der Waals surface area (Å²) in [7, 11) is 0. The van der Waals surface area contributed by atoms with E-state index in [0.717, 1.165) is 49.7 Å². The number of rotatable bonds is 8.